The topological polar surface area (TPSA) is 13.1 Å². The fourth-order valence-corrected chi connectivity index (χ4v) is 10.7. The minimum atomic E-state index is 0.247. The molecule has 2 unspecified atom stereocenters. The number of hydrogen-bond acceptors (Lipinski definition) is 2. The zero-order valence-electron chi connectivity index (χ0n) is 29.3. The summed E-state index contributed by atoms with van der Waals surface area (Å²) in [5.74, 6) is 0.528. The zero-order valence-corrected chi connectivity index (χ0v) is 30.1. The molecule has 0 amide bonds. The van der Waals surface area contributed by atoms with E-state index >= 15 is 0 Å². The van der Waals surface area contributed by atoms with E-state index in [0.29, 0.717) is 0 Å². The van der Waals surface area contributed by atoms with Crippen molar-refractivity contribution in [2.24, 2.45) is 11.8 Å². The Balaban J connectivity index is 1.08. The van der Waals surface area contributed by atoms with Gasteiger partial charge in [0.05, 0.1) is 0 Å². The molecule has 0 saturated carbocycles. The van der Waals surface area contributed by atoms with E-state index in [9.17, 15) is 0 Å². The molecule has 10 aromatic rings. The molecule has 0 radical (unpaired) electrons. The average Bonchev–Trinajstić information content (AvgIpc) is 3.80. The van der Waals surface area contributed by atoms with Crippen LogP contribution in [-0.4, -0.2) is 0 Å². The molecule has 0 saturated heterocycles. The number of thiophene rings is 1. The standard InChI is InChI=1S/C52H32OS/c1-2-12-31(13-3-1)34-25-26-42(36-15-5-4-14-35(34)36)51-40-19-8-6-17-38(40)50(39-18-7-9-20-41(39)51)33-23-27-49-46(29-33)43-24-22-32-28-45-37-16-10-11-21-47(37)53-48(45)30-44(32)52(43)54-49/h1-30,35-36H. The van der Waals surface area contributed by atoms with Gasteiger partial charge in [-0.25, -0.2) is 0 Å². The van der Waals surface area contributed by atoms with E-state index in [-0.39, 0.29) is 11.8 Å². The van der Waals surface area contributed by atoms with Gasteiger partial charge in [0.15, 0.2) is 0 Å². The van der Waals surface area contributed by atoms with Crippen LogP contribution in [-0.2, 0) is 0 Å². The van der Waals surface area contributed by atoms with Gasteiger partial charge in [0.25, 0.3) is 0 Å². The third-order valence-electron chi connectivity index (χ3n) is 11.9. The molecule has 0 bridgehead atoms. The van der Waals surface area contributed by atoms with Crippen molar-refractivity contribution in [1.82, 2.24) is 0 Å². The summed E-state index contributed by atoms with van der Waals surface area (Å²) >= 11 is 1.88. The molecule has 2 heteroatoms. The van der Waals surface area contributed by atoms with Crippen LogP contribution in [0.1, 0.15) is 11.1 Å². The van der Waals surface area contributed by atoms with Crippen molar-refractivity contribution in [2.45, 2.75) is 0 Å². The summed E-state index contributed by atoms with van der Waals surface area (Å²) < 4.78 is 8.95. The summed E-state index contributed by atoms with van der Waals surface area (Å²) in [4.78, 5) is 0. The minimum absolute atomic E-state index is 0.247. The highest BCUT2D eigenvalue weighted by Gasteiger charge is 2.32. The number of rotatable bonds is 3. The van der Waals surface area contributed by atoms with Gasteiger partial charge in [0.2, 0.25) is 0 Å². The Kier molecular flexibility index (Phi) is 6.40. The third-order valence-corrected chi connectivity index (χ3v) is 13.1. The molecule has 2 aromatic heterocycles. The Morgan fingerprint density at radius 3 is 1.81 bits per heavy atom. The maximum atomic E-state index is 6.34. The summed E-state index contributed by atoms with van der Waals surface area (Å²) in [5, 5.41) is 12.6. The number of benzene rings is 8. The van der Waals surface area contributed by atoms with Crippen molar-refractivity contribution in [3.05, 3.63) is 193 Å². The van der Waals surface area contributed by atoms with E-state index in [4.69, 9.17) is 4.42 Å². The number of allylic oxidation sites excluding steroid dienone is 8. The first-order valence-corrected chi connectivity index (χ1v) is 19.6. The molecule has 0 spiro atoms. The molecular formula is C52H32OS. The number of furan rings is 1. The van der Waals surface area contributed by atoms with Crippen molar-refractivity contribution in [3.63, 3.8) is 0 Å². The van der Waals surface area contributed by atoms with Crippen LogP contribution in [0.5, 0.6) is 0 Å². The van der Waals surface area contributed by atoms with Crippen LogP contribution in [0.3, 0.4) is 0 Å². The molecule has 2 heterocycles. The van der Waals surface area contributed by atoms with Crippen LogP contribution in [0.4, 0.5) is 0 Å². The van der Waals surface area contributed by atoms with Crippen molar-refractivity contribution in [2.75, 3.05) is 0 Å². The normalized spacial score (nSPS) is 17.0. The molecule has 0 N–H and O–H groups in total. The van der Waals surface area contributed by atoms with E-state index in [1.807, 2.05) is 17.4 Å². The van der Waals surface area contributed by atoms with Crippen LogP contribution >= 0.6 is 11.3 Å². The van der Waals surface area contributed by atoms with E-state index in [1.54, 1.807) is 0 Å². The smallest absolute Gasteiger partial charge is 0.136 e. The monoisotopic (exact) mass is 704 g/mol. The second-order valence-corrected chi connectivity index (χ2v) is 15.7. The van der Waals surface area contributed by atoms with Gasteiger partial charge in [-0.15, -0.1) is 11.3 Å². The van der Waals surface area contributed by atoms with Gasteiger partial charge in [-0.05, 0) is 90.7 Å². The van der Waals surface area contributed by atoms with Crippen LogP contribution in [0.25, 0.3) is 96.7 Å². The third kappa shape index (κ3) is 4.32. The molecule has 2 atom stereocenters. The van der Waals surface area contributed by atoms with Gasteiger partial charge in [-0.3, -0.25) is 0 Å². The highest BCUT2D eigenvalue weighted by Crippen LogP contribution is 2.50. The van der Waals surface area contributed by atoms with Crippen molar-refractivity contribution >= 4 is 96.9 Å². The van der Waals surface area contributed by atoms with Gasteiger partial charge in [-0.2, -0.15) is 0 Å². The first-order valence-electron chi connectivity index (χ1n) is 18.8. The fourth-order valence-electron chi connectivity index (χ4n) is 9.46. The maximum Gasteiger partial charge on any atom is 0.136 e. The maximum absolute atomic E-state index is 6.34. The number of hydrogen-bond donors (Lipinski definition) is 0. The van der Waals surface area contributed by atoms with Gasteiger partial charge < -0.3 is 4.42 Å². The molecule has 1 nitrogen and oxygen atoms in total. The van der Waals surface area contributed by atoms with Gasteiger partial charge in [0.1, 0.15) is 11.2 Å². The van der Waals surface area contributed by atoms with E-state index < -0.39 is 0 Å². The first-order chi connectivity index (χ1) is 26.8. The lowest BCUT2D eigenvalue weighted by atomic mass is 9.70. The van der Waals surface area contributed by atoms with E-state index in [0.717, 1.165) is 11.2 Å². The van der Waals surface area contributed by atoms with Crippen LogP contribution in [0, 0.1) is 11.8 Å². The average molecular weight is 705 g/mol. The predicted octanol–water partition coefficient (Wildman–Crippen LogP) is 14.9. The van der Waals surface area contributed by atoms with Crippen LogP contribution in [0.15, 0.2) is 186 Å². The second kappa shape index (κ2) is 11.5. The Morgan fingerprint density at radius 2 is 1.06 bits per heavy atom. The molecule has 2 aliphatic carbocycles. The van der Waals surface area contributed by atoms with Crippen LogP contribution < -0.4 is 0 Å². The highest BCUT2D eigenvalue weighted by molar-refractivity contribution is 7.26. The Labute approximate surface area is 316 Å². The molecule has 0 aliphatic heterocycles. The van der Waals surface area contributed by atoms with Crippen LogP contribution in [0.2, 0.25) is 0 Å². The fraction of sp³-hybridized carbons (Fsp3) is 0.0385. The Hall–Kier alpha value is -6.48. The van der Waals surface area contributed by atoms with Gasteiger partial charge in [-0.1, -0.05) is 152 Å². The molecule has 252 valence electrons. The molecule has 54 heavy (non-hydrogen) atoms. The number of para-hydroxylation sites is 1. The lowest BCUT2D eigenvalue weighted by Gasteiger charge is -2.33. The first kappa shape index (κ1) is 30.0. The zero-order chi connectivity index (χ0) is 35.3. The SMILES string of the molecule is C1=CC2C(c3ccccc3)=CC=C(c3c4ccccc4c(-c4ccc5sc6c7cc8oc9ccccc9c8cc7ccc6c5c4)c4ccccc34)C2C=C1. The summed E-state index contributed by atoms with van der Waals surface area (Å²) in [6.45, 7) is 0. The number of fused-ring (bicyclic) bond motifs is 11. The second-order valence-electron chi connectivity index (χ2n) is 14.7. The lowest BCUT2D eigenvalue weighted by molar-refractivity contribution is 0.669. The molecule has 12 rings (SSSR count). The minimum Gasteiger partial charge on any atom is -0.456 e. The summed E-state index contributed by atoms with van der Waals surface area (Å²) in [6.07, 6.45) is 14.0. The van der Waals surface area contributed by atoms with Crippen molar-refractivity contribution < 1.29 is 4.42 Å². The Morgan fingerprint density at radius 1 is 0.407 bits per heavy atom. The molecule has 8 aromatic carbocycles. The van der Waals surface area contributed by atoms with Crippen molar-refractivity contribution in [1.29, 1.82) is 0 Å². The van der Waals surface area contributed by atoms with E-state index in [2.05, 4.69) is 176 Å². The van der Waals surface area contributed by atoms with Gasteiger partial charge >= 0.3 is 0 Å². The lowest BCUT2D eigenvalue weighted by Crippen LogP contribution is -2.19. The quantitative estimate of drug-likeness (QED) is 0.167. The Bertz CT molecular complexity index is 3270. The molecular weight excluding hydrogens is 673 g/mol. The predicted molar refractivity (Wildman–Crippen MR) is 232 cm³/mol. The summed E-state index contributed by atoms with van der Waals surface area (Å²) in [5.41, 5.74) is 9.81. The van der Waals surface area contributed by atoms with Gasteiger partial charge in [0, 0.05) is 48.2 Å². The summed E-state index contributed by atoms with van der Waals surface area (Å²) in [7, 11) is 0. The highest BCUT2D eigenvalue weighted by atomic mass is 32.1. The largest absolute Gasteiger partial charge is 0.456 e. The summed E-state index contributed by atoms with van der Waals surface area (Å²) in [6, 6.07) is 53.6. The van der Waals surface area contributed by atoms with E-state index in [1.165, 1.54) is 96.7 Å². The molecule has 0 fully saturated rings. The molecule has 2 aliphatic rings. The van der Waals surface area contributed by atoms with Crippen molar-refractivity contribution in [3.8, 4) is 11.1 Å².